The third-order valence-electron chi connectivity index (χ3n) is 7.10. The Kier molecular flexibility index (Phi) is 9.20. The van der Waals surface area contributed by atoms with Crippen LogP contribution in [0, 0.1) is 18.6 Å². The Labute approximate surface area is 261 Å². The normalized spacial score (nSPS) is 12.1. The molecular formula is C34H28F2N4O2S2. The van der Waals surface area contributed by atoms with Crippen molar-refractivity contribution < 1.29 is 13.5 Å². The highest BCUT2D eigenvalue weighted by Crippen LogP contribution is 2.28. The van der Waals surface area contributed by atoms with Crippen LogP contribution in [0.1, 0.15) is 34.9 Å². The molecule has 222 valence electrons. The molecule has 0 saturated carbocycles. The van der Waals surface area contributed by atoms with Gasteiger partial charge in [0.1, 0.15) is 5.82 Å². The number of nitrogens with zero attached hydrogens (tertiary/aromatic N) is 4. The van der Waals surface area contributed by atoms with Crippen molar-refractivity contribution in [2.24, 2.45) is 0 Å². The first-order valence-electron chi connectivity index (χ1n) is 14.0. The van der Waals surface area contributed by atoms with E-state index in [-0.39, 0.29) is 25.1 Å². The second-order valence-corrected chi connectivity index (χ2v) is 12.2. The summed E-state index contributed by atoms with van der Waals surface area (Å²) in [6, 6.07) is 25.2. The van der Waals surface area contributed by atoms with Gasteiger partial charge in [0.15, 0.2) is 11.0 Å². The Morgan fingerprint density at radius 1 is 0.955 bits per heavy atom. The summed E-state index contributed by atoms with van der Waals surface area (Å²) < 4.78 is 37.7. The van der Waals surface area contributed by atoms with E-state index >= 15 is 0 Å². The average molecular weight is 627 g/mol. The summed E-state index contributed by atoms with van der Waals surface area (Å²) in [6.07, 6.45) is 2.02. The highest BCUT2D eigenvalue weighted by atomic mass is 32.2. The van der Waals surface area contributed by atoms with E-state index < -0.39 is 11.4 Å². The number of fused-ring (bicyclic) bond motifs is 1. The molecule has 0 saturated heterocycles. The Bertz CT molecular complexity index is 1960. The van der Waals surface area contributed by atoms with Gasteiger partial charge in [-0.3, -0.25) is 4.79 Å². The second kappa shape index (κ2) is 13.6. The van der Waals surface area contributed by atoms with E-state index in [9.17, 15) is 13.6 Å². The lowest BCUT2D eigenvalue weighted by molar-refractivity contribution is 0.0364. The topological polar surface area (TPSA) is 69.9 Å². The van der Waals surface area contributed by atoms with Crippen LogP contribution < -0.4 is 5.56 Å². The predicted octanol–water partition coefficient (Wildman–Crippen LogP) is 7.99. The summed E-state index contributed by atoms with van der Waals surface area (Å²) in [5.74, 6) is -0.509. The second-order valence-electron chi connectivity index (χ2n) is 10.3. The summed E-state index contributed by atoms with van der Waals surface area (Å²) in [4.78, 5) is 26.3. The van der Waals surface area contributed by atoms with Gasteiger partial charge >= 0.3 is 0 Å². The van der Waals surface area contributed by atoms with Crippen molar-refractivity contribution >= 4 is 33.3 Å². The van der Waals surface area contributed by atoms with Crippen molar-refractivity contribution in [2.45, 2.75) is 37.8 Å². The van der Waals surface area contributed by atoms with Gasteiger partial charge in [0.2, 0.25) is 0 Å². The molecular weight excluding hydrogens is 599 g/mol. The van der Waals surface area contributed by atoms with Gasteiger partial charge in [0, 0.05) is 28.8 Å². The highest BCUT2D eigenvalue weighted by Gasteiger charge is 2.16. The van der Waals surface area contributed by atoms with Gasteiger partial charge in [0.05, 0.1) is 40.7 Å². The van der Waals surface area contributed by atoms with Crippen LogP contribution in [0.15, 0.2) is 107 Å². The minimum absolute atomic E-state index is 0.154. The number of benzene rings is 3. The molecule has 6 aromatic rings. The van der Waals surface area contributed by atoms with E-state index in [1.54, 1.807) is 47.3 Å². The van der Waals surface area contributed by atoms with Crippen LogP contribution in [0.5, 0.6) is 0 Å². The number of aromatic nitrogens is 4. The van der Waals surface area contributed by atoms with Crippen LogP contribution >= 0.6 is 23.1 Å². The first-order chi connectivity index (χ1) is 21.4. The van der Waals surface area contributed by atoms with Gasteiger partial charge in [-0.1, -0.05) is 66.4 Å². The van der Waals surface area contributed by atoms with Crippen LogP contribution in [0.2, 0.25) is 0 Å². The fourth-order valence-electron chi connectivity index (χ4n) is 4.89. The number of ether oxygens (including phenoxy) is 1. The van der Waals surface area contributed by atoms with Crippen molar-refractivity contribution in [2.75, 3.05) is 5.75 Å². The third kappa shape index (κ3) is 7.10. The van der Waals surface area contributed by atoms with Crippen molar-refractivity contribution in [3.63, 3.8) is 0 Å². The molecule has 0 bridgehead atoms. The molecule has 0 aliphatic heterocycles. The maximum Gasteiger partial charge on any atom is 0.286 e. The molecule has 6 rings (SSSR count). The molecule has 0 aliphatic carbocycles. The van der Waals surface area contributed by atoms with Gasteiger partial charge in [-0.2, -0.15) is 0 Å². The molecule has 0 fully saturated rings. The molecule has 0 amide bonds. The lowest BCUT2D eigenvalue weighted by Gasteiger charge is -2.18. The summed E-state index contributed by atoms with van der Waals surface area (Å²) in [5.41, 5.74) is 6.01. The van der Waals surface area contributed by atoms with E-state index in [1.807, 2.05) is 55.5 Å². The third-order valence-corrected chi connectivity index (χ3v) is 8.79. The van der Waals surface area contributed by atoms with Gasteiger partial charge in [0.25, 0.3) is 5.56 Å². The number of halogens is 2. The molecule has 0 spiro atoms. The van der Waals surface area contributed by atoms with E-state index in [2.05, 4.69) is 9.97 Å². The van der Waals surface area contributed by atoms with E-state index in [4.69, 9.17) is 9.72 Å². The smallest absolute Gasteiger partial charge is 0.286 e. The molecule has 3 heterocycles. The molecule has 3 aromatic heterocycles. The molecule has 10 heteroatoms. The number of rotatable bonds is 11. The van der Waals surface area contributed by atoms with Crippen LogP contribution in [0.3, 0.4) is 0 Å². The number of pyridine rings is 1. The Hall–Kier alpha value is -4.25. The molecule has 0 N–H and O–H groups in total. The SMILES string of the molecule is Cc1cc(-c2cc(F)c(=O)n(Cc3ccc4scnc4c3)c2)nc(SCCC(OCc2ccccc2F)c2ccccc2)n1. The number of thioether (sulfide) groups is 1. The van der Waals surface area contributed by atoms with Crippen LogP contribution in [-0.4, -0.2) is 25.3 Å². The summed E-state index contributed by atoms with van der Waals surface area (Å²) in [5, 5.41) is 0.535. The summed E-state index contributed by atoms with van der Waals surface area (Å²) in [7, 11) is 0. The lowest BCUT2D eigenvalue weighted by atomic mass is 10.1. The van der Waals surface area contributed by atoms with E-state index in [1.165, 1.54) is 28.5 Å². The molecule has 0 radical (unpaired) electrons. The van der Waals surface area contributed by atoms with E-state index in [0.717, 1.165) is 27.0 Å². The molecule has 3 aromatic carbocycles. The van der Waals surface area contributed by atoms with Crippen molar-refractivity contribution in [1.82, 2.24) is 19.5 Å². The minimum atomic E-state index is -0.847. The largest absolute Gasteiger partial charge is 0.369 e. The predicted molar refractivity (Wildman–Crippen MR) is 171 cm³/mol. The Balaban J connectivity index is 1.18. The fourth-order valence-corrected chi connectivity index (χ4v) is 6.43. The molecule has 0 aliphatic rings. The van der Waals surface area contributed by atoms with Crippen LogP contribution in [0.25, 0.3) is 21.5 Å². The zero-order valence-corrected chi connectivity index (χ0v) is 25.5. The van der Waals surface area contributed by atoms with Gasteiger partial charge in [-0.15, -0.1) is 11.3 Å². The standard InChI is InChI=1S/C34H28F2N4O2S2/c1-22-15-29(26-17-28(36)33(41)40(19-26)18-23-11-12-32-30(16-23)37-21-44-32)39-34(38-22)43-14-13-31(24-7-3-2-4-8-24)42-20-25-9-5-6-10-27(25)35/h2-12,15-17,19,21,31H,13-14,18,20H2,1H3. The maximum atomic E-state index is 14.9. The highest BCUT2D eigenvalue weighted by molar-refractivity contribution is 7.99. The number of hydrogen-bond donors (Lipinski definition) is 0. The Morgan fingerprint density at radius 3 is 2.61 bits per heavy atom. The molecule has 1 atom stereocenters. The zero-order valence-electron chi connectivity index (χ0n) is 23.8. The monoisotopic (exact) mass is 626 g/mol. The van der Waals surface area contributed by atoms with Gasteiger partial charge in [-0.25, -0.2) is 23.7 Å². The molecule has 44 heavy (non-hydrogen) atoms. The number of hydrogen-bond acceptors (Lipinski definition) is 7. The van der Waals surface area contributed by atoms with Crippen molar-refractivity contribution in [3.05, 3.63) is 141 Å². The first-order valence-corrected chi connectivity index (χ1v) is 15.9. The van der Waals surface area contributed by atoms with Crippen LogP contribution in [0.4, 0.5) is 8.78 Å². The van der Waals surface area contributed by atoms with Gasteiger partial charge < -0.3 is 9.30 Å². The Morgan fingerprint density at radius 2 is 1.77 bits per heavy atom. The van der Waals surface area contributed by atoms with Crippen molar-refractivity contribution in [3.8, 4) is 11.3 Å². The van der Waals surface area contributed by atoms with Crippen LogP contribution in [-0.2, 0) is 17.9 Å². The summed E-state index contributed by atoms with van der Waals surface area (Å²) >= 11 is 3.00. The maximum absolute atomic E-state index is 14.9. The first kappa shape index (κ1) is 29.8. The molecule has 6 nitrogen and oxygen atoms in total. The van der Waals surface area contributed by atoms with E-state index in [0.29, 0.717) is 34.2 Å². The molecule has 1 unspecified atom stereocenters. The lowest BCUT2D eigenvalue weighted by Crippen LogP contribution is -2.23. The summed E-state index contributed by atoms with van der Waals surface area (Å²) in [6.45, 7) is 2.21. The minimum Gasteiger partial charge on any atom is -0.369 e. The van der Waals surface area contributed by atoms with Crippen molar-refractivity contribution in [1.29, 1.82) is 0 Å². The number of thiazole rings is 1. The average Bonchev–Trinajstić information content (AvgIpc) is 3.50. The fraction of sp³-hybridized carbons (Fsp3) is 0.176. The van der Waals surface area contributed by atoms with Gasteiger partial charge in [-0.05, 0) is 54.8 Å². The number of aryl methyl sites for hydroxylation is 1. The zero-order chi connectivity index (χ0) is 30.5. The quantitative estimate of drug-likeness (QED) is 0.107.